The van der Waals surface area contributed by atoms with Crippen molar-refractivity contribution < 1.29 is 9.84 Å². The van der Waals surface area contributed by atoms with Crippen LogP contribution in [0.1, 0.15) is 37.6 Å². The fraction of sp³-hybridized carbons (Fsp3) is 0.375. The fourth-order valence-electron chi connectivity index (χ4n) is 4.19. The molecule has 160 valence electrons. The lowest BCUT2D eigenvalue weighted by Gasteiger charge is -2.26. The molecule has 1 N–H and O–H groups in total. The van der Waals surface area contributed by atoms with Gasteiger partial charge in [0.05, 0.1) is 33.2 Å². The van der Waals surface area contributed by atoms with E-state index in [1.54, 1.807) is 17.5 Å². The molecule has 3 heterocycles. The van der Waals surface area contributed by atoms with Gasteiger partial charge in [0.15, 0.2) is 0 Å². The van der Waals surface area contributed by atoms with Crippen LogP contribution in [0.2, 0.25) is 0 Å². The fourth-order valence-corrected chi connectivity index (χ4v) is 5.28. The number of aliphatic hydroxyl groups excluding tert-OH is 1. The van der Waals surface area contributed by atoms with Gasteiger partial charge in [0.2, 0.25) is 0 Å². The number of ether oxygens (including phenoxy) is 1. The number of hydrogen-bond donors (Lipinski definition) is 1. The van der Waals surface area contributed by atoms with Crippen LogP contribution in [0.3, 0.4) is 0 Å². The molecule has 0 aliphatic heterocycles. The zero-order chi connectivity index (χ0) is 21.2. The highest BCUT2D eigenvalue weighted by Gasteiger charge is 2.24. The molecule has 1 saturated carbocycles. The number of rotatable bonds is 6. The maximum Gasteiger partial charge on any atom is 0.131 e. The summed E-state index contributed by atoms with van der Waals surface area (Å²) >= 11 is 1.70. The monoisotopic (exact) mass is 434 g/mol. The van der Waals surface area contributed by atoms with Crippen LogP contribution in [0.25, 0.3) is 21.5 Å². The summed E-state index contributed by atoms with van der Waals surface area (Å²) in [7, 11) is 0. The summed E-state index contributed by atoms with van der Waals surface area (Å²) in [6.07, 6.45) is 10.6. The Hall–Kier alpha value is -2.77. The van der Waals surface area contributed by atoms with Crippen LogP contribution >= 0.6 is 11.3 Å². The van der Waals surface area contributed by atoms with E-state index in [0.717, 1.165) is 70.2 Å². The Morgan fingerprint density at radius 2 is 2.03 bits per heavy atom. The van der Waals surface area contributed by atoms with Crippen LogP contribution in [-0.4, -0.2) is 31.0 Å². The summed E-state index contributed by atoms with van der Waals surface area (Å²) in [6.45, 7) is 2.88. The van der Waals surface area contributed by atoms with Gasteiger partial charge in [0.1, 0.15) is 11.5 Å². The number of hydrogen-bond acceptors (Lipinski definition) is 6. The normalized spacial score (nSPS) is 19.0. The summed E-state index contributed by atoms with van der Waals surface area (Å²) in [5.41, 5.74) is 2.80. The first-order valence-electron chi connectivity index (χ1n) is 10.9. The number of nitrogens with zero attached hydrogens (tertiary/aromatic N) is 4. The third-order valence-corrected chi connectivity index (χ3v) is 6.97. The molecular weight excluding hydrogens is 408 g/mol. The van der Waals surface area contributed by atoms with E-state index < -0.39 is 0 Å². The maximum atomic E-state index is 10.3. The van der Waals surface area contributed by atoms with Crippen LogP contribution < -0.4 is 4.74 Å². The van der Waals surface area contributed by atoms with Gasteiger partial charge in [-0.15, -0.1) is 11.3 Å². The second-order valence-electron chi connectivity index (χ2n) is 8.12. The smallest absolute Gasteiger partial charge is 0.131 e. The topological polar surface area (TPSA) is 73.1 Å². The van der Waals surface area contributed by atoms with Crippen molar-refractivity contribution in [2.24, 2.45) is 5.92 Å². The molecular formula is C24H26N4O2S. The molecule has 1 aliphatic rings. The van der Waals surface area contributed by atoms with Crippen LogP contribution in [-0.2, 0) is 13.0 Å². The number of pyridine rings is 1. The lowest BCUT2D eigenvalue weighted by molar-refractivity contribution is 0.0700. The van der Waals surface area contributed by atoms with Crippen molar-refractivity contribution >= 4 is 21.6 Å². The van der Waals surface area contributed by atoms with Crippen LogP contribution in [0.5, 0.6) is 11.5 Å². The van der Waals surface area contributed by atoms with Gasteiger partial charge >= 0.3 is 0 Å². The van der Waals surface area contributed by atoms with Crippen molar-refractivity contribution in [3.8, 4) is 22.8 Å². The van der Waals surface area contributed by atoms with Gasteiger partial charge in [-0.05, 0) is 43.9 Å². The van der Waals surface area contributed by atoms with Crippen LogP contribution in [0, 0.1) is 5.92 Å². The number of thiazole rings is 1. The van der Waals surface area contributed by atoms with Crippen molar-refractivity contribution in [2.75, 3.05) is 0 Å². The van der Waals surface area contributed by atoms with Gasteiger partial charge in [-0.1, -0.05) is 12.8 Å². The van der Waals surface area contributed by atoms with E-state index in [1.807, 2.05) is 47.4 Å². The Bertz CT molecular complexity index is 1190. The molecule has 2 atom stereocenters. The van der Waals surface area contributed by atoms with E-state index in [4.69, 9.17) is 9.72 Å². The lowest BCUT2D eigenvalue weighted by atomic mass is 9.84. The van der Waals surface area contributed by atoms with Crippen molar-refractivity contribution in [3.05, 3.63) is 53.9 Å². The summed E-state index contributed by atoms with van der Waals surface area (Å²) in [6, 6.07) is 9.80. The van der Waals surface area contributed by atoms with Crippen molar-refractivity contribution in [2.45, 2.75) is 51.7 Å². The molecule has 0 spiro atoms. The van der Waals surface area contributed by atoms with E-state index in [-0.39, 0.29) is 6.10 Å². The molecule has 31 heavy (non-hydrogen) atoms. The summed E-state index contributed by atoms with van der Waals surface area (Å²) in [5.74, 6) is 1.85. The molecule has 1 fully saturated rings. The second kappa shape index (κ2) is 8.77. The minimum Gasteiger partial charge on any atom is -0.457 e. The van der Waals surface area contributed by atoms with Gasteiger partial charge in [-0.25, -0.2) is 4.98 Å². The highest BCUT2D eigenvalue weighted by molar-refractivity contribution is 7.18. The lowest BCUT2D eigenvalue weighted by Crippen LogP contribution is -2.26. The Balaban J connectivity index is 1.33. The van der Waals surface area contributed by atoms with E-state index in [0.29, 0.717) is 5.92 Å². The van der Waals surface area contributed by atoms with Crippen molar-refractivity contribution in [3.63, 3.8) is 0 Å². The Morgan fingerprint density at radius 3 is 2.87 bits per heavy atom. The highest BCUT2D eigenvalue weighted by Crippen LogP contribution is 2.33. The molecule has 0 radical (unpaired) electrons. The number of aromatic nitrogens is 4. The Kier molecular flexibility index (Phi) is 5.70. The first-order chi connectivity index (χ1) is 15.2. The molecule has 1 aliphatic carbocycles. The van der Waals surface area contributed by atoms with Gasteiger partial charge in [-0.3, -0.25) is 9.67 Å². The van der Waals surface area contributed by atoms with E-state index >= 15 is 0 Å². The SMILES string of the molecule is CCn1cc(-c2cc(Oc3ccc4nc(C[C@@H]5CCCC[C@H]5O)sc4c3)ccn2)cn1. The first kappa shape index (κ1) is 20.2. The van der Waals surface area contributed by atoms with Crippen LogP contribution in [0.4, 0.5) is 0 Å². The zero-order valence-corrected chi connectivity index (χ0v) is 18.4. The molecule has 0 unspecified atom stereocenters. The second-order valence-corrected chi connectivity index (χ2v) is 9.23. The molecule has 1 aromatic carbocycles. The van der Waals surface area contributed by atoms with Gasteiger partial charge in [-0.2, -0.15) is 5.10 Å². The average molecular weight is 435 g/mol. The van der Waals surface area contributed by atoms with Crippen molar-refractivity contribution in [1.29, 1.82) is 0 Å². The summed E-state index contributed by atoms with van der Waals surface area (Å²) < 4.78 is 9.12. The summed E-state index contributed by atoms with van der Waals surface area (Å²) in [5, 5.41) is 15.7. The van der Waals surface area contributed by atoms with Crippen molar-refractivity contribution in [1.82, 2.24) is 19.7 Å². The molecule has 7 heteroatoms. The Morgan fingerprint density at radius 1 is 1.16 bits per heavy atom. The molecule has 3 aromatic heterocycles. The van der Waals surface area contributed by atoms with Gasteiger partial charge < -0.3 is 9.84 Å². The number of aliphatic hydroxyl groups is 1. The van der Waals surface area contributed by atoms with Gasteiger partial charge in [0, 0.05) is 43.1 Å². The van der Waals surface area contributed by atoms with Crippen LogP contribution in [0.15, 0.2) is 48.9 Å². The third-order valence-electron chi connectivity index (χ3n) is 5.93. The minimum atomic E-state index is -0.190. The zero-order valence-electron chi connectivity index (χ0n) is 17.6. The molecule has 6 nitrogen and oxygen atoms in total. The number of fused-ring (bicyclic) bond motifs is 1. The minimum absolute atomic E-state index is 0.190. The maximum absolute atomic E-state index is 10.3. The quantitative estimate of drug-likeness (QED) is 0.436. The molecule has 5 rings (SSSR count). The molecule has 0 amide bonds. The standard InChI is InChI=1S/C24H26N4O2S/c1-2-28-15-17(14-26-28)21-12-19(9-10-25-21)30-18-7-8-20-23(13-18)31-24(27-20)11-16-5-3-4-6-22(16)29/h7-10,12-16,22,29H,2-6,11H2,1H3/t16-,22+/m0/s1. The van der Waals surface area contributed by atoms with E-state index in [9.17, 15) is 5.11 Å². The number of aryl methyl sites for hydroxylation is 1. The largest absolute Gasteiger partial charge is 0.457 e. The predicted octanol–water partition coefficient (Wildman–Crippen LogP) is 5.46. The first-order valence-corrected chi connectivity index (χ1v) is 11.7. The Labute approximate surface area is 185 Å². The summed E-state index contributed by atoms with van der Waals surface area (Å²) in [4.78, 5) is 9.24. The predicted molar refractivity (Wildman–Crippen MR) is 122 cm³/mol. The van der Waals surface area contributed by atoms with E-state index in [1.165, 1.54) is 6.42 Å². The average Bonchev–Trinajstić information content (AvgIpc) is 3.42. The number of benzene rings is 1. The third kappa shape index (κ3) is 4.48. The molecule has 0 saturated heterocycles. The van der Waals surface area contributed by atoms with Gasteiger partial charge in [0.25, 0.3) is 0 Å². The molecule has 0 bridgehead atoms. The van der Waals surface area contributed by atoms with E-state index in [2.05, 4.69) is 17.0 Å². The molecule has 4 aromatic rings. The highest BCUT2D eigenvalue weighted by atomic mass is 32.1.